The molecule has 1 N–H and O–H groups in total. The van der Waals surface area contributed by atoms with Gasteiger partial charge in [-0.2, -0.15) is 0 Å². The van der Waals surface area contributed by atoms with Gasteiger partial charge in [0.2, 0.25) is 0 Å². The lowest BCUT2D eigenvalue weighted by atomic mass is 9.97. The van der Waals surface area contributed by atoms with Gasteiger partial charge in [0.05, 0.1) is 19.3 Å². The van der Waals surface area contributed by atoms with E-state index in [1.807, 2.05) is 55.5 Å². The summed E-state index contributed by atoms with van der Waals surface area (Å²) in [6.45, 7) is 4.01. The van der Waals surface area contributed by atoms with E-state index in [0.717, 1.165) is 38.0 Å². The van der Waals surface area contributed by atoms with Gasteiger partial charge in [0, 0.05) is 15.9 Å². The molecule has 152 valence electrons. The van der Waals surface area contributed by atoms with Crippen LogP contribution in [0.2, 0.25) is 0 Å². The van der Waals surface area contributed by atoms with Crippen molar-refractivity contribution in [3.8, 4) is 5.75 Å². The van der Waals surface area contributed by atoms with Crippen LogP contribution in [0.25, 0.3) is 0 Å². The Morgan fingerprint density at radius 1 is 1.24 bits per heavy atom. The molecule has 1 atom stereocenters. The molecule has 0 saturated carbocycles. The van der Waals surface area contributed by atoms with Crippen LogP contribution in [0.1, 0.15) is 31.0 Å². The van der Waals surface area contributed by atoms with Gasteiger partial charge in [-0.05, 0) is 49.2 Å². The standard InChI is InChI=1S/C22H23BrN2O3S/c1-4-28-21(26)19-14(2)24-22(25-20(19)16-6-5-7-17(23)12-16)29-13-15-8-10-18(27-3)11-9-15/h5-12,20H,4,13H2,1-3H3,(H,24,25)/t20-/m1/s1. The summed E-state index contributed by atoms with van der Waals surface area (Å²) in [4.78, 5) is 17.4. The first-order valence-electron chi connectivity index (χ1n) is 9.25. The number of benzene rings is 2. The van der Waals surface area contributed by atoms with Crippen LogP contribution in [0.4, 0.5) is 0 Å². The number of amidine groups is 1. The van der Waals surface area contributed by atoms with Crippen molar-refractivity contribution >= 4 is 38.8 Å². The van der Waals surface area contributed by atoms with E-state index in [4.69, 9.17) is 14.5 Å². The smallest absolute Gasteiger partial charge is 0.338 e. The Labute approximate surface area is 183 Å². The van der Waals surface area contributed by atoms with Crippen LogP contribution in [-0.4, -0.2) is 24.9 Å². The molecular formula is C22H23BrN2O3S. The molecule has 0 spiro atoms. The van der Waals surface area contributed by atoms with Crippen molar-refractivity contribution < 1.29 is 14.3 Å². The molecule has 1 aliphatic rings. The van der Waals surface area contributed by atoms with Crippen molar-refractivity contribution in [1.29, 1.82) is 0 Å². The van der Waals surface area contributed by atoms with E-state index in [9.17, 15) is 4.79 Å². The monoisotopic (exact) mass is 474 g/mol. The van der Waals surface area contributed by atoms with E-state index in [2.05, 4.69) is 21.2 Å². The Balaban J connectivity index is 1.85. The summed E-state index contributed by atoms with van der Waals surface area (Å²) < 4.78 is 11.4. The maximum atomic E-state index is 12.6. The Morgan fingerprint density at radius 2 is 2.00 bits per heavy atom. The molecule has 2 aromatic rings. The van der Waals surface area contributed by atoms with Crippen molar-refractivity contribution in [3.05, 3.63) is 75.4 Å². The SMILES string of the molecule is CCOC(=O)C1=C(C)NC(SCc2ccc(OC)cc2)=N[C@@H]1c1cccc(Br)c1. The zero-order valence-electron chi connectivity index (χ0n) is 16.6. The quantitative estimate of drug-likeness (QED) is 0.580. The minimum absolute atomic E-state index is 0.323. The van der Waals surface area contributed by atoms with Crippen LogP contribution >= 0.6 is 27.7 Å². The molecule has 29 heavy (non-hydrogen) atoms. The molecule has 0 amide bonds. The first kappa shape index (κ1) is 21.5. The van der Waals surface area contributed by atoms with E-state index >= 15 is 0 Å². The minimum Gasteiger partial charge on any atom is -0.497 e. The fourth-order valence-corrected chi connectivity index (χ4v) is 4.30. The normalized spacial score (nSPS) is 16.1. The van der Waals surface area contributed by atoms with Gasteiger partial charge < -0.3 is 14.8 Å². The molecule has 0 radical (unpaired) electrons. The molecule has 5 nitrogen and oxygen atoms in total. The van der Waals surface area contributed by atoms with Gasteiger partial charge in [-0.15, -0.1) is 0 Å². The van der Waals surface area contributed by atoms with E-state index in [0.29, 0.717) is 12.2 Å². The van der Waals surface area contributed by atoms with Crippen molar-refractivity contribution in [2.24, 2.45) is 4.99 Å². The zero-order chi connectivity index (χ0) is 20.8. The molecule has 3 rings (SSSR count). The Kier molecular flexibility index (Phi) is 7.39. The third kappa shape index (κ3) is 5.42. The maximum Gasteiger partial charge on any atom is 0.338 e. The fourth-order valence-electron chi connectivity index (χ4n) is 2.99. The largest absolute Gasteiger partial charge is 0.497 e. The van der Waals surface area contributed by atoms with Crippen molar-refractivity contribution in [2.45, 2.75) is 25.6 Å². The number of hydrogen-bond acceptors (Lipinski definition) is 6. The first-order chi connectivity index (χ1) is 14.0. The number of carbonyl (C=O) groups is 1. The predicted octanol–water partition coefficient (Wildman–Crippen LogP) is 5.23. The number of thioether (sulfide) groups is 1. The van der Waals surface area contributed by atoms with Crippen LogP contribution in [-0.2, 0) is 15.3 Å². The van der Waals surface area contributed by atoms with Gasteiger partial charge in [-0.3, -0.25) is 0 Å². The van der Waals surface area contributed by atoms with Crippen molar-refractivity contribution in [3.63, 3.8) is 0 Å². The number of rotatable bonds is 6. The fraction of sp³-hybridized carbons (Fsp3) is 0.273. The lowest BCUT2D eigenvalue weighted by Gasteiger charge is -2.26. The van der Waals surface area contributed by atoms with Gasteiger partial charge in [-0.1, -0.05) is 52.0 Å². The van der Waals surface area contributed by atoms with Crippen LogP contribution in [0.5, 0.6) is 5.75 Å². The van der Waals surface area contributed by atoms with E-state index < -0.39 is 6.04 Å². The Hall–Kier alpha value is -2.25. The summed E-state index contributed by atoms with van der Waals surface area (Å²) >= 11 is 5.11. The molecule has 0 aliphatic carbocycles. The summed E-state index contributed by atoms with van der Waals surface area (Å²) in [5, 5.41) is 4.04. The number of halogens is 1. The van der Waals surface area contributed by atoms with Gasteiger partial charge in [-0.25, -0.2) is 9.79 Å². The van der Waals surface area contributed by atoms with Gasteiger partial charge in [0.1, 0.15) is 11.8 Å². The number of carbonyl (C=O) groups excluding carboxylic acids is 1. The maximum absolute atomic E-state index is 12.6. The highest BCUT2D eigenvalue weighted by Gasteiger charge is 2.30. The lowest BCUT2D eigenvalue weighted by molar-refractivity contribution is -0.138. The highest BCUT2D eigenvalue weighted by Crippen LogP contribution is 2.34. The molecule has 1 heterocycles. The second-order valence-corrected chi connectivity index (χ2v) is 8.29. The summed E-state index contributed by atoms with van der Waals surface area (Å²) in [7, 11) is 1.66. The Morgan fingerprint density at radius 3 is 2.66 bits per heavy atom. The number of hydrogen-bond donors (Lipinski definition) is 1. The highest BCUT2D eigenvalue weighted by molar-refractivity contribution is 9.10. The van der Waals surface area contributed by atoms with E-state index in [-0.39, 0.29) is 5.97 Å². The average Bonchev–Trinajstić information content (AvgIpc) is 2.72. The number of nitrogens with one attached hydrogen (secondary N) is 1. The highest BCUT2D eigenvalue weighted by atomic mass is 79.9. The minimum atomic E-state index is -0.411. The zero-order valence-corrected chi connectivity index (χ0v) is 19.0. The molecule has 2 aromatic carbocycles. The van der Waals surface area contributed by atoms with Crippen LogP contribution < -0.4 is 10.1 Å². The van der Waals surface area contributed by atoms with E-state index in [1.165, 1.54) is 0 Å². The second kappa shape index (κ2) is 9.98. The molecule has 7 heteroatoms. The molecule has 0 fully saturated rings. The van der Waals surface area contributed by atoms with Gasteiger partial charge in [0.25, 0.3) is 0 Å². The molecule has 0 bridgehead atoms. The van der Waals surface area contributed by atoms with Crippen LogP contribution in [0.15, 0.2) is 69.3 Å². The Bertz CT molecular complexity index is 941. The summed E-state index contributed by atoms with van der Waals surface area (Å²) in [5.74, 6) is 1.24. The predicted molar refractivity (Wildman–Crippen MR) is 121 cm³/mol. The molecule has 0 unspecified atom stereocenters. The number of allylic oxidation sites excluding steroid dienone is 1. The molecule has 0 saturated heterocycles. The summed E-state index contributed by atoms with van der Waals surface area (Å²) in [6.07, 6.45) is 0. The number of esters is 1. The van der Waals surface area contributed by atoms with Crippen LogP contribution in [0.3, 0.4) is 0 Å². The third-order valence-corrected chi connectivity index (χ3v) is 5.86. The topological polar surface area (TPSA) is 59.9 Å². The van der Waals surface area contributed by atoms with E-state index in [1.54, 1.807) is 25.8 Å². The lowest BCUT2D eigenvalue weighted by Crippen LogP contribution is -2.30. The summed E-state index contributed by atoms with van der Waals surface area (Å²) in [6, 6.07) is 15.4. The van der Waals surface area contributed by atoms with Crippen molar-refractivity contribution in [2.75, 3.05) is 13.7 Å². The molecule has 0 aromatic heterocycles. The first-order valence-corrected chi connectivity index (χ1v) is 11.0. The molecular weight excluding hydrogens is 452 g/mol. The second-order valence-electron chi connectivity index (χ2n) is 6.41. The van der Waals surface area contributed by atoms with Crippen molar-refractivity contribution in [1.82, 2.24) is 5.32 Å². The van der Waals surface area contributed by atoms with Gasteiger partial charge in [0.15, 0.2) is 5.17 Å². The third-order valence-electron chi connectivity index (χ3n) is 4.41. The number of ether oxygens (including phenoxy) is 2. The average molecular weight is 475 g/mol. The summed E-state index contributed by atoms with van der Waals surface area (Å²) in [5.41, 5.74) is 3.40. The number of methoxy groups -OCH3 is 1. The number of aliphatic imine (C=N–C) groups is 1. The van der Waals surface area contributed by atoms with Crippen LogP contribution in [0, 0.1) is 0 Å². The van der Waals surface area contributed by atoms with Gasteiger partial charge >= 0.3 is 5.97 Å². The number of nitrogens with zero attached hydrogens (tertiary/aromatic N) is 1. The molecule has 1 aliphatic heterocycles.